The fraction of sp³-hybridized carbons (Fsp3) is 0.250. The van der Waals surface area contributed by atoms with Gasteiger partial charge < -0.3 is 9.30 Å². The number of esters is 1. The number of ether oxygens (including phenoxy) is 1. The van der Waals surface area contributed by atoms with Crippen LogP contribution in [0.1, 0.15) is 18.9 Å². The number of aromatic nitrogens is 1. The van der Waals surface area contributed by atoms with Crippen molar-refractivity contribution in [2.24, 2.45) is 0 Å². The SMILES string of the molecule is COC(=O)CCn1ccc2cccc(NS(=O)(=O)c3ccccc3C(C)(F)F)c21. The van der Waals surface area contributed by atoms with Crippen LogP contribution in [0.5, 0.6) is 0 Å². The van der Waals surface area contributed by atoms with Crippen LogP contribution in [-0.2, 0) is 32.0 Å². The highest BCUT2D eigenvalue weighted by Gasteiger charge is 2.32. The Balaban J connectivity index is 2.02. The molecule has 9 heteroatoms. The van der Waals surface area contributed by atoms with Crippen molar-refractivity contribution in [3.63, 3.8) is 0 Å². The first-order valence-electron chi connectivity index (χ1n) is 8.78. The zero-order valence-corrected chi connectivity index (χ0v) is 16.7. The summed E-state index contributed by atoms with van der Waals surface area (Å²) in [5.74, 6) is -3.72. The molecule has 0 saturated carbocycles. The molecule has 6 nitrogen and oxygen atoms in total. The van der Waals surface area contributed by atoms with E-state index in [0.29, 0.717) is 12.4 Å². The second-order valence-corrected chi connectivity index (χ2v) is 8.22. The molecule has 0 atom stereocenters. The van der Waals surface area contributed by atoms with Gasteiger partial charge >= 0.3 is 5.97 Å². The number of methoxy groups -OCH3 is 1. The number of carbonyl (C=O) groups excluding carboxylic acids is 1. The van der Waals surface area contributed by atoms with Crippen LogP contribution in [0.3, 0.4) is 0 Å². The zero-order chi connectivity index (χ0) is 21.2. The summed E-state index contributed by atoms with van der Waals surface area (Å²) in [6.07, 6.45) is 1.83. The Morgan fingerprint density at radius 2 is 1.86 bits per heavy atom. The number of fused-ring (bicyclic) bond motifs is 1. The Labute approximate surface area is 167 Å². The maximum Gasteiger partial charge on any atom is 0.307 e. The molecule has 0 aliphatic rings. The number of anilines is 1. The van der Waals surface area contributed by atoms with Crippen molar-refractivity contribution in [1.82, 2.24) is 4.57 Å². The van der Waals surface area contributed by atoms with Crippen molar-refractivity contribution >= 4 is 32.6 Å². The number of carbonyl (C=O) groups is 1. The Kier molecular flexibility index (Phi) is 5.61. The van der Waals surface area contributed by atoms with E-state index in [9.17, 15) is 22.0 Å². The van der Waals surface area contributed by atoms with Crippen LogP contribution in [0.4, 0.5) is 14.5 Å². The molecule has 0 amide bonds. The van der Waals surface area contributed by atoms with Crippen LogP contribution in [0, 0.1) is 0 Å². The Morgan fingerprint density at radius 1 is 1.14 bits per heavy atom. The van der Waals surface area contributed by atoms with E-state index < -0.39 is 32.4 Å². The smallest absolute Gasteiger partial charge is 0.307 e. The molecule has 2 aromatic carbocycles. The molecule has 3 rings (SSSR count). The van der Waals surface area contributed by atoms with E-state index in [1.807, 2.05) is 0 Å². The highest BCUT2D eigenvalue weighted by atomic mass is 32.2. The van der Waals surface area contributed by atoms with Crippen molar-refractivity contribution in [3.8, 4) is 0 Å². The molecular formula is C20H20F2N2O4S. The summed E-state index contributed by atoms with van der Waals surface area (Å²) in [4.78, 5) is 11.0. The van der Waals surface area contributed by atoms with Gasteiger partial charge in [-0.2, -0.15) is 0 Å². The number of nitrogens with zero attached hydrogens (tertiary/aromatic N) is 1. The quantitative estimate of drug-likeness (QED) is 0.581. The monoisotopic (exact) mass is 422 g/mol. The van der Waals surface area contributed by atoms with Gasteiger partial charge in [-0.05, 0) is 18.2 Å². The first-order valence-corrected chi connectivity index (χ1v) is 10.3. The molecule has 0 aliphatic carbocycles. The highest BCUT2D eigenvalue weighted by molar-refractivity contribution is 7.92. The minimum atomic E-state index is -4.28. The summed E-state index contributed by atoms with van der Waals surface area (Å²) in [6, 6.07) is 11.8. The zero-order valence-electron chi connectivity index (χ0n) is 15.9. The third kappa shape index (κ3) is 4.40. The number of hydrogen-bond donors (Lipinski definition) is 1. The Morgan fingerprint density at radius 3 is 2.55 bits per heavy atom. The number of hydrogen-bond acceptors (Lipinski definition) is 4. The standard InChI is InChI=1S/C20H20F2N2O4S/c1-20(21,22)15-7-3-4-9-17(15)29(26,27)23-16-8-5-6-14-10-12-24(19(14)16)13-11-18(25)28-2/h3-10,12,23H,11,13H2,1-2H3. The van der Waals surface area contributed by atoms with E-state index >= 15 is 0 Å². The largest absolute Gasteiger partial charge is 0.469 e. The molecular weight excluding hydrogens is 402 g/mol. The van der Waals surface area contributed by atoms with Gasteiger partial charge in [0, 0.05) is 30.6 Å². The molecule has 1 aromatic heterocycles. The second-order valence-electron chi connectivity index (χ2n) is 6.57. The van der Waals surface area contributed by atoms with Gasteiger partial charge in [0.2, 0.25) is 0 Å². The van der Waals surface area contributed by atoms with Gasteiger partial charge in [0.15, 0.2) is 0 Å². The van der Waals surface area contributed by atoms with Crippen molar-refractivity contribution in [2.45, 2.75) is 30.7 Å². The summed E-state index contributed by atoms with van der Waals surface area (Å²) in [5, 5.41) is 0.740. The lowest BCUT2D eigenvalue weighted by atomic mass is 10.1. The second kappa shape index (κ2) is 7.82. The van der Waals surface area contributed by atoms with E-state index in [0.717, 1.165) is 17.5 Å². The summed E-state index contributed by atoms with van der Waals surface area (Å²) in [7, 11) is -3.00. The lowest BCUT2D eigenvalue weighted by molar-refractivity contribution is -0.140. The molecule has 0 bridgehead atoms. The molecule has 0 spiro atoms. The van der Waals surface area contributed by atoms with E-state index in [1.54, 1.807) is 35.0 Å². The third-order valence-electron chi connectivity index (χ3n) is 4.47. The van der Waals surface area contributed by atoms with Crippen molar-refractivity contribution < 1.29 is 26.7 Å². The Hall–Kier alpha value is -2.94. The summed E-state index contributed by atoms with van der Waals surface area (Å²) < 4.78 is 62.5. The van der Waals surface area contributed by atoms with Gasteiger partial charge in [-0.15, -0.1) is 0 Å². The summed E-state index contributed by atoms with van der Waals surface area (Å²) in [5.41, 5.74) is 0.188. The number of nitrogens with one attached hydrogen (secondary N) is 1. The number of benzene rings is 2. The van der Waals surface area contributed by atoms with Gasteiger partial charge in [-0.1, -0.05) is 30.3 Å². The normalized spacial score (nSPS) is 12.1. The summed E-state index contributed by atoms with van der Waals surface area (Å²) in [6.45, 7) is 0.929. The topological polar surface area (TPSA) is 77.4 Å². The lowest BCUT2D eigenvalue weighted by Crippen LogP contribution is -2.20. The number of halogens is 2. The van der Waals surface area contributed by atoms with Crippen LogP contribution in [0.15, 0.2) is 59.6 Å². The highest BCUT2D eigenvalue weighted by Crippen LogP contribution is 2.34. The molecule has 0 unspecified atom stereocenters. The minimum absolute atomic E-state index is 0.103. The summed E-state index contributed by atoms with van der Waals surface area (Å²) >= 11 is 0. The van der Waals surface area contributed by atoms with Gasteiger partial charge in [-0.25, -0.2) is 17.2 Å². The van der Waals surface area contributed by atoms with E-state index in [-0.39, 0.29) is 18.7 Å². The fourth-order valence-electron chi connectivity index (χ4n) is 3.11. The molecule has 1 N–H and O–H groups in total. The average molecular weight is 422 g/mol. The van der Waals surface area contributed by atoms with Gasteiger partial charge in [0.05, 0.1) is 29.6 Å². The van der Waals surface area contributed by atoms with Crippen LogP contribution in [0.25, 0.3) is 10.9 Å². The lowest BCUT2D eigenvalue weighted by Gasteiger charge is -2.17. The molecule has 29 heavy (non-hydrogen) atoms. The van der Waals surface area contributed by atoms with Gasteiger partial charge in [0.1, 0.15) is 0 Å². The van der Waals surface area contributed by atoms with Crippen LogP contribution >= 0.6 is 0 Å². The molecule has 154 valence electrons. The predicted molar refractivity (Wildman–Crippen MR) is 105 cm³/mol. The van der Waals surface area contributed by atoms with E-state index in [4.69, 9.17) is 0 Å². The maximum absolute atomic E-state index is 13.9. The van der Waals surface area contributed by atoms with E-state index in [2.05, 4.69) is 9.46 Å². The molecule has 3 aromatic rings. The van der Waals surface area contributed by atoms with Crippen molar-refractivity contribution in [1.29, 1.82) is 0 Å². The van der Waals surface area contributed by atoms with Crippen LogP contribution in [0.2, 0.25) is 0 Å². The Bertz CT molecular complexity index is 1150. The van der Waals surface area contributed by atoms with Crippen LogP contribution in [-0.4, -0.2) is 26.1 Å². The van der Waals surface area contributed by atoms with E-state index in [1.165, 1.54) is 19.2 Å². The fourth-order valence-corrected chi connectivity index (χ4v) is 4.47. The predicted octanol–water partition coefficient (Wildman–Crippen LogP) is 4.12. The van der Waals surface area contributed by atoms with Crippen LogP contribution < -0.4 is 4.72 Å². The number of para-hydroxylation sites is 1. The number of sulfonamides is 1. The minimum Gasteiger partial charge on any atom is -0.469 e. The van der Waals surface area contributed by atoms with Gasteiger partial charge in [-0.3, -0.25) is 9.52 Å². The van der Waals surface area contributed by atoms with Crippen molar-refractivity contribution in [2.75, 3.05) is 11.8 Å². The molecule has 0 fully saturated rings. The maximum atomic E-state index is 13.9. The first-order chi connectivity index (χ1) is 13.6. The first kappa shape index (κ1) is 20.8. The van der Waals surface area contributed by atoms with Gasteiger partial charge in [0.25, 0.3) is 15.9 Å². The number of alkyl halides is 2. The molecule has 1 heterocycles. The van der Waals surface area contributed by atoms with Crippen molar-refractivity contribution in [3.05, 3.63) is 60.3 Å². The average Bonchev–Trinajstić information content (AvgIpc) is 3.09. The number of rotatable bonds is 7. The third-order valence-corrected chi connectivity index (χ3v) is 5.89. The molecule has 0 radical (unpaired) electrons. The number of aryl methyl sites for hydroxylation is 1. The molecule has 0 saturated heterocycles. The molecule has 0 aliphatic heterocycles.